The molecule has 1 atom stereocenters. The van der Waals surface area contributed by atoms with Gasteiger partial charge in [0, 0.05) is 0 Å². The van der Waals surface area contributed by atoms with Crippen molar-refractivity contribution in [2.24, 2.45) is 0 Å². The molecule has 3 heteroatoms. The number of hydrogen-bond donors (Lipinski definition) is 1. The fraction of sp³-hybridized carbons (Fsp3) is 0.923. The Morgan fingerprint density at radius 2 is 1.44 bits per heavy atom. The van der Waals surface area contributed by atoms with Crippen molar-refractivity contribution in [3.63, 3.8) is 0 Å². The standard InChI is InChI=1S/C13H25ClO2/c1-3-5-7-9-11-13(14,12(15)16)10-8-6-4-2/h3-11H2,1-2H3,(H,15,16). The lowest BCUT2D eigenvalue weighted by Crippen LogP contribution is -2.32. The Morgan fingerprint density at radius 3 is 1.88 bits per heavy atom. The topological polar surface area (TPSA) is 37.3 Å². The molecule has 0 amide bonds. The van der Waals surface area contributed by atoms with E-state index in [-0.39, 0.29) is 0 Å². The fourth-order valence-electron chi connectivity index (χ4n) is 1.83. The largest absolute Gasteiger partial charge is 0.480 e. The average Bonchev–Trinajstić information content (AvgIpc) is 2.25. The number of halogens is 1. The van der Waals surface area contributed by atoms with Gasteiger partial charge in [-0.05, 0) is 12.8 Å². The molecule has 0 fully saturated rings. The molecule has 0 saturated carbocycles. The van der Waals surface area contributed by atoms with E-state index in [0.29, 0.717) is 12.8 Å². The molecule has 96 valence electrons. The molecule has 0 bridgehead atoms. The number of unbranched alkanes of at least 4 members (excludes halogenated alkanes) is 5. The van der Waals surface area contributed by atoms with Crippen LogP contribution >= 0.6 is 11.6 Å². The maximum absolute atomic E-state index is 11.1. The molecule has 0 heterocycles. The van der Waals surface area contributed by atoms with E-state index in [1.807, 2.05) is 0 Å². The van der Waals surface area contributed by atoms with E-state index in [4.69, 9.17) is 16.7 Å². The van der Waals surface area contributed by atoms with E-state index in [1.54, 1.807) is 0 Å². The number of hydrogen-bond acceptors (Lipinski definition) is 1. The Morgan fingerprint density at radius 1 is 1.00 bits per heavy atom. The first kappa shape index (κ1) is 15.8. The maximum Gasteiger partial charge on any atom is 0.324 e. The van der Waals surface area contributed by atoms with E-state index in [2.05, 4.69) is 13.8 Å². The van der Waals surface area contributed by atoms with Crippen LogP contribution in [-0.2, 0) is 4.79 Å². The van der Waals surface area contributed by atoms with Gasteiger partial charge in [-0.1, -0.05) is 58.8 Å². The third kappa shape index (κ3) is 6.37. The van der Waals surface area contributed by atoms with Gasteiger partial charge in [-0.25, -0.2) is 0 Å². The monoisotopic (exact) mass is 248 g/mol. The van der Waals surface area contributed by atoms with Crippen LogP contribution in [-0.4, -0.2) is 16.0 Å². The van der Waals surface area contributed by atoms with Crippen LogP contribution in [0.25, 0.3) is 0 Å². The van der Waals surface area contributed by atoms with Crippen LogP contribution < -0.4 is 0 Å². The molecule has 0 rings (SSSR count). The minimum atomic E-state index is -1.01. The summed E-state index contributed by atoms with van der Waals surface area (Å²) in [5.41, 5.74) is 0. The molecule has 0 aliphatic carbocycles. The lowest BCUT2D eigenvalue weighted by Gasteiger charge is -2.22. The fourth-order valence-corrected chi connectivity index (χ4v) is 2.09. The SMILES string of the molecule is CCCCCCC(Cl)(CCCCC)C(=O)O. The number of carboxylic acid groups (broad SMARTS) is 1. The molecular weight excluding hydrogens is 224 g/mol. The van der Waals surface area contributed by atoms with Crippen molar-refractivity contribution in [2.45, 2.75) is 76.5 Å². The molecular formula is C13H25ClO2. The van der Waals surface area contributed by atoms with E-state index >= 15 is 0 Å². The van der Waals surface area contributed by atoms with E-state index < -0.39 is 10.8 Å². The summed E-state index contributed by atoms with van der Waals surface area (Å²) in [6, 6.07) is 0. The molecule has 1 N–H and O–H groups in total. The Bertz CT molecular complexity index is 194. The van der Waals surface area contributed by atoms with Gasteiger partial charge in [-0.3, -0.25) is 4.79 Å². The molecule has 0 aliphatic rings. The van der Waals surface area contributed by atoms with E-state index in [9.17, 15) is 4.79 Å². The van der Waals surface area contributed by atoms with Gasteiger partial charge < -0.3 is 5.11 Å². The summed E-state index contributed by atoms with van der Waals surface area (Å²) in [4.78, 5) is 10.1. The van der Waals surface area contributed by atoms with Crippen molar-refractivity contribution in [3.8, 4) is 0 Å². The highest BCUT2D eigenvalue weighted by Gasteiger charge is 2.34. The molecule has 0 aromatic heterocycles. The number of carboxylic acids is 1. The normalized spacial score (nSPS) is 14.7. The second-order valence-electron chi connectivity index (χ2n) is 4.54. The van der Waals surface area contributed by atoms with E-state index in [1.165, 1.54) is 6.42 Å². The van der Waals surface area contributed by atoms with Crippen LogP contribution in [0.3, 0.4) is 0 Å². The van der Waals surface area contributed by atoms with Gasteiger partial charge in [-0.2, -0.15) is 0 Å². The van der Waals surface area contributed by atoms with Gasteiger partial charge in [0.25, 0.3) is 0 Å². The summed E-state index contributed by atoms with van der Waals surface area (Å²) >= 11 is 6.19. The lowest BCUT2D eigenvalue weighted by atomic mass is 9.94. The predicted molar refractivity (Wildman–Crippen MR) is 69.1 cm³/mol. The summed E-state index contributed by atoms with van der Waals surface area (Å²) in [6.07, 6.45) is 8.64. The summed E-state index contributed by atoms with van der Waals surface area (Å²) in [5, 5.41) is 9.16. The van der Waals surface area contributed by atoms with Crippen molar-refractivity contribution in [1.29, 1.82) is 0 Å². The Labute approximate surface area is 104 Å². The Kier molecular flexibility index (Phi) is 8.73. The van der Waals surface area contributed by atoms with Gasteiger partial charge in [-0.15, -0.1) is 11.6 Å². The zero-order valence-corrected chi connectivity index (χ0v) is 11.4. The van der Waals surface area contributed by atoms with Gasteiger partial charge in [0.1, 0.15) is 4.87 Å². The zero-order chi connectivity index (χ0) is 12.4. The smallest absolute Gasteiger partial charge is 0.324 e. The highest BCUT2D eigenvalue weighted by atomic mass is 35.5. The molecule has 1 unspecified atom stereocenters. The summed E-state index contributed by atoms with van der Waals surface area (Å²) in [6.45, 7) is 4.25. The van der Waals surface area contributed by atoms with Gasteiger partial charge in [0.05, 0.1) is 0 Å². The summed E-state index contributed by atoms with van der Waals surface area (Å²) in [7, 11) is 0. The molecule has 0 saturated heterocycles. The van der Waals surface area contributed by atoms with Gasteiger partial charge >= 0.3 is 5.97 Å². The Balaban J connectivity index is 3.96. The number of carbonyl (C=O) groups is 1. The predicted octanol–water partition coefficient (Wildman–Crippen LogP) is 4.60. The minimum Gasteiger partial charge on any atom is -0.480 e. The van der Waals surface area contributed by atoms with E-state index in [0.717, 1.165) is 38.5 Å². The number of alkyl halides is 1. The molecule has 0 aromatic carbocycles. The van der Waals surface area contributed by atoms with Crippen molar-refractivity contribution < 1.29 is 9.90 Å². The molecule has 0 radical (unpaired) electrons. The first-order valence-corrected chi connectivity index (χ1v) is 6.87. The quantitative estimate of drug-likeness (QED) is 0.453. The van der Waals surface area contributed by atoms with Crippen LogP contribution in [0.4, 0.5) is 0 Å². The third-order valence-corrected chi connectivity index (χ3v) is 3.53. The molecule has 0 aliphatic heterocycles. The van der Waals surface area contributed by atoms with Crippen molar-refractivity contribution in [1.82, 2.24) is 0 Å². The van der Waals surface area contributed by atoms with Crippen molar-refractivity contribution >= 4 is 17.6 Å². The van der Waals surface area contributed by atoms with Crippen LogP contribution in [0, 0.1) is 0 Å². The van der Waals surface area contributed by atoms with Crippen molar-refractivity contribution in [2.75, 3.05) is 0 Å². The second kappa shape index (κ2) is 8.86. The highest BCUT2D eigenvalue weighted by molar-refractivity contribution is 6.33. The van der Waals surface area contributed by atoms with Gasteiger partial charge in [0.2, 0.25) is 0 Å². The molecule has 0 spiro atoms. The summed E-state index contributed by atoms with van der Waals surface area (Å²) in [5.74, 6) is -0.846. The average molecular weight is 249 g/mol. The second-order valence-corrected chi connectivity index (χ2v) is 5.26. The maximum atomic E-state index is 11.1. The lowest BCUT2D eigenvalue weighted by molar-refractivity contribution is -0.140. The minimum absolute atomic E-state index is 0.601. The molecule has 0 aromatic rings. The molecule has 2 nitrogen and oxygen atoms in total. The van der Waals surface area contributed by atoms with Crippen molar-refractivity contribution in [3.05, 3.63) is 0 Å². The van der Waals surface area contributed by atoms with Crippen LogP contribution in [0.15, 0.2) is 0 Å². The first-order chi connectivity index (χ1) is 7.56. The number of rotatable bonds is 10. The first-order valence-electron chi connectivity index (χ1n) is 6.49. The third-order valence-electron chi connectivity index (χ3n) is 2.99. The van der Waals surface area contributed by atoms with Crippen LogP contribution in [0.5, 0.6) is 0 Å². The number of aliphatic carboxylic acids is 1. The Hall–Kier alpha value is -0.240. The zero-order valence-electron chi connectivity index (χ0n) is 10.6. The van der Waals surface area contributed by atoms with Crippen LogP contribution in [0.2, 0.25) is 0 Å². The molecule has 16 heavy (non-hydrogen) atoms. The summed E-state index contributed by atoms with van der Waals surface area (Å²) < 4.78 is 0. The van der Waals surface area contributed by atoms with Gasteiger partial charge in [0.15, 0.2) is 0 Å². The van der Waals surface area contributed by atoms with Crippen LogP contribution in [0.1, 0.15) is 71.6 Å². The highest BCUT2D eigenvalue weighted by Crippen LogP contribution is 2.30.